The number of carbonyl (C=O) groups is 2. The van der Waals surface area contributed by atoms with Gasteiger partial charge >= 0.3 is 0 Å². The molecule has 0 saturated carbocycles. The summed E-state index contributed by atoms with van der Waals surface area (Å²) < 4.78 is 0. The van der Waals surface area contributed by atoms with E-state index in [4.69, 9.17) is 12.2 Å². The molecule has 0 unspecified atom stereocenters. The maximum Gasteiger partial charge on any atom is 0.261 e. The second kappa shape index (κ2) is 8.64. The number of thiocarbonyl (C=S) groups is 1. The number of carbonyl (C=O) groups excluding carboxylic acids is 2. The Balaban J connectivity index is 1.19. The van der Waals surface area contributed by atoms with Crippen LogP contribution in [0, 0.1) is 0 Å². The molecule has 162 valence electrons. The summed E-state index contributed by atoms with van der Waals surface area (Å²) in [6.45, 7) is 4.23. The number of hydrogen-bond acceptors (Lipinski definition) is 5. The van der Waals surface area contributed by atoms with E-state index < -0.39 is 0 Å². The second-order valence-corrected chi connectivity index (χ2v) is 8.36. The molecule has 2 amide bonds. The van der Waals surface area contributed by atoms with Crippen molar-refractivity contribution in [2.75, 3.05) is 44.6 Å². The number of nitrogens with one attached hydrogen (secondary N) is 1. The second-order valence-electron chi connectivity index (χ2n) is 7.97. The number of amides is 2. The molecule has 1 aromatic heterocycles. The molecule has 1 saturated heterocycles. The number of hydrogen-bond donors (Lipinski definition) is 1. The van der Waals surface area contributed by atoms with Crippen molar-refractivity contribution >= 4 is 45.6 Å². The predicted molar refractivity (Wildman–Crippen MR) is 128 cm³/mol. The summed E-state index contributed by atoms with van der Waals surface area (Å²) in [4.78, 5) is 36.0. The molecule has 2 aliphatic heterocycles. The van der Waals surface area contributed by atoms with E-state index in [0.717, 1.165) is 42.6 Å². The average molecular weight is 446 g/mol. The van der Waals surface area contributed by atoms with E-state index in [0.29, 0.717) is 29.3 Å². The fourth-order valence-electron chi connectivity index (χ4n) is 4.34. The quantitative estimate of drug-likeness (QED) is 0.489. The minimum absolute atomic E-state index is 0.209. The van der Waals surface area contributed by atoms with Gasteiger partial charge in [-0.15, -0.1) is 0 Å². The average Bonchev–Trinajstić information content (AvgIpc) is 2.83. The first-order chi connectivity index (χ1) is 15.6. The first kappa shape index (κ1) is 20.5. The number of imide groups is 1. The van der Waals surface area contributed by atoms with E-state index in [9.17, 15) is 9.59 Å². The van der Waals surface area contributed by atoms with Gasteiger partial charge in [0.25, 0.3) is 11.8 Å². The Hall–Kier alpha value is -3.36. The molecule has 0 bridgehead atoms. The highest BCUT2D eigenvalue weighted by Gasteiger charge is 2.32. The minimum Gasteiger partial charge on any atom is -0.346 e. The highest BCUT2D eigenvalue weighted by atomic mass is 32.1. The van der Waals surface area contributed by atoms with Gasteiger partial charge in [0.2, 0.25) is 0 Å². The van der Waals surface area contributed by atoms with Crippen molar-refractivity contribution in [2.45, 2.75) is 0 Å². The van der Waals surface area contributed by atoms with Crippen LogP contribution in [0.1, 0.15) is 20.7 Å². The molecule has 2 aliphatic rings. The number of anilines is 1. The van der Waals surface area contributed by atoms with Gasteiger partial charge in [0.15, 0.2) is 5.11 Å². The molecular formula is C24H23N5O2S. The zero-order valence-electron chi connectivity index (χ0n) is 17.5. The third kappa shape index (κ3) is 3.83. The van der Waals surface area contributed by atoms with Crippen LogP contribution in [0.2, 0.25) is 0 Å². The molecule has 8 heteroatoms. The van der Waals surface area contributed by atoms with Gasteiger partial charge in [-0.3, -0.25) is 24.4 Å². The smallest absolute Gasteiger partial charge is 0.261 e. The van der Waals surface area contributed by atoms with Crippen molar-refractivity contribution in [1.29, 1.82) is 0 Å². The van der Waals surface area contributed by atoms with Crippen LogP contribution in [0.15, 0.2) is 60.9 Å². The van der Waals surface area contributed by atoms with Gasteiger partial charge in [-0.05, 0) is 41.9 Å². The molecular weight excluding hydrogens is 422 g/mol. The van der Waals surface area contributed by atoms with Crippen LogP contribution in [-0.4, -0.2) is 75.9 Å². The van der Waals surface area contributed by atoms with Crippen LogP contribution in [0.4, 0.5) is 5.69 Å². The standard InChI is InChI=1S/C24H23N5O2S/c30-22-19-7-1-4-17-5-2-8-20(21(17)19)23(31)29(22)15-12-27-10-13-28(14-11-27)24(32)26-18-6-3-9-25-16-18/h1-9,16H,10-15H2,(H,26,32). The van der Waals surface area contributed by atoms with Crippen LogP contribution in [0.3, 0.4) is 0 Å². The number of aromatic nitrogens is 1. The maximum atomic E-state index is 13.0. The molecule has 1 fully saturated rings. The highest BCUT2D eigenvalue weighted by molar-refractivity contribution is 7.80. The van der Waals surface area contributed by atoms with E-state index in [2.05, 4.69) is 20.1 Å². The van der Waals surface area contributed by atoms with Crippen LogP contribution in [-0.2, 0) is 0 Å². The van der Waals surface area contributed by atoms with E-state index in [-0.39, 0.29) is 11.8 Å². The monoisotopic (exact) mass is 445 g/mol. The molecule has 3 heterocycles. The molecule has 2 aromatic carbocycles. The summed E-state index contributed by atoms with van der Waals surface area (Å²) in [6, 6.07) is 15.0. The molecule has 1 N–H and O–H groups in total. The van der Waals surface area contributed by atoms with Gasteiger partial charge in [-0.2, -0.15) is 0 Å². The Kier molecular flexibility index (Phi) is 5.55. The molecule has 0 aliphatic carbocycles. The molecule has 0 atom stereocenters. The van der Waals surface area contributed by atoms with Gasteiger partial charge in [0, 0.05) is 62.0 Å². The summed E-state index contributed by atoms with van der Waals surface area (Å²) in [5, 5.41) is 5.60. The Morgan fingerprint density at radius 3 is 2.22 bits per heavy atom. The number of nitrogens with zero attached hydrogens (tertiary/aromatic N) is 4. The molecule has 5 rings (SSSR count). The van der Waals surface area contributed by atoms with Gasteiger partial charge < -0.3 is 10.2 Å². The number of piperazine rings is 1. The predicted octanol–water partition coefficient (Wildman–Crippen LogP) is 2.85. The molecule has 3 aromatic rings. The highest BCUT2D eigenvalue weighted by Crippen LogP contribution is 2.29. The summed E-state index contributed by atoms with van der Waals surface area (Å²) in [5.41, 5.74) is 2.08. The van der Waals surface area contributed by atoms with Gasteiger partial charge in [-0.1, -0.05) is 24.3 Å². The fourth-order valence-corrected chi connectivity index (χ4v) is 4.64. The Labute approximate surface area is 191 Å². The van der Waals surface area contributed by atoms with Crippen molar-refractivity contribution in [3.05, 3.63) is 72.1 Å². The summed E-state index contributed by atoms with van der Waals surface area (Å²) in [6.07, 6.45) is 3.47. The van der Waals surface area contributed by atoms with Crippen molar-refractivity contribution in [3.63, 3.8) is 0 Å². The van der Waals surface area contributed by atoms with Crippen molar-refractivity contribution < 1.29 is 9.59 Å². The SMILES string of the molecule is O=C1c2cccc3cccc(c23)C(=O)N1CCN1CCN(C(=S)Nc2cccnc2)CC1. The van der Waals surface area contributed by atoms with Gasteiger partial charge in [-0.25, -0.2) is 0 Å². The summed E-state index contributed by atoms with van der Waals surface area (Å²) in [7, 11) is 0. The minimum atomic E-state index is -0.209. The lowest BCUT2D eigenvalue weighted by molar-refractivity contribution is 0.0583. The van der Waals surface area contributed by atoms with E-state index in [1.165, 1.54) is 4.90 Å². The molecule has 7 nitrogen and oxygen atoms in total. The summed E-state index contributed by atoms with van der Waals surface area (Å²) in [5.74, 6) is -0.417. The lowest BCUT2D eigenvalue weighted by Gasteiger charge is -2.37. The maximum absolute atomic E-state index is 13.0. The third-order valence-electron chi connectivity index (χ3n) is 6.07. The van der Waals surface area contributed by atoms with Crippen LogP contribution in [0.5, 0.6) is 0 Å². The Morgan fingerprint density at radius 2 is 1.59 bits per heavy atom. The molecule has 0 spiro atoms. The van der Waals surface area contributed by atoms with E-state index in [1.54, 1.807) is 12.4 Å². The molecule has 0 radical (unpaired) electrons. The normalized spacial score (nSPS) is 16.5. The Bertz CT molecular complexity index is 1140. The van der Waals surface area contributed by atoms with E-state index >= 15 is 0 Å². The summed E-state index contributed by atoms with van der Waals surface area (Å²) >= 11 is 5.53. The topological polar surface area (TPSA) is 68.8 Å². The molecule has 32 heavy (non-hydrogen) atoms. The lowest BCUT2D eigenvalue weighted by atomic mass is 9.94. The van der Waals surface area contributed by atoms with Gasteiger partial charge in [0.1, 0.15) is 0 Å². The van der Waals surface area contributed by atoms with Crippen LogP contribution in [0.25, 0.3) is 10.8 Å². The van der Waals surface area contributed by atoms with Crippen molar-refractivity contribution in [3.8, 4) is 0 Å². The first-order valence-electron chi connectivity index (χ1n) is 10.7. The van der Waals surface area contributed by atoms with Gasteiger partial charge in [0.05, 0.1) is 11.9 Å². The zero-order chi connectivity index (χ0) is 22.1. The number of pyridine rings is 1. The zero-order valence-corrected chi connectivity index (χ0v) is 18.3. The van der Waals surface area contributed by atoms with Crippen molar-refractivity contribution in [1.82, 2.24) is 19.7 Å². The third-order valence-corrected chi connectivity index (χ3v) is 6.43. The van der Waals surface area contributed by atoms with Crippen LogP contribution < -0.4 is 5.32 Å². The largest absolute Gasteiger partial charge is 0.346 e. The fraction of sp³-hybridized carbons (Fsp3) is 0.250. The van der Waals surface area contributed by atoms with Crippen molar-refractivity contribution in [2.24, 2.45) is 0 Å². The number of rotatable bonds is 4. The van der Waals surface area contributed by atoms with E-state index in [1.807, 2.05) is 48.5 Å². The first-order valence-corrected chi connectivity index (χ1v) is 11.1. The Morgan fingerprint density at radius 1 is 0.906 bits per heavy atom. The lowest BCUT2D eigenvalue weighted by Crippen LogP contribution is -2.52. The number of benzene rings is 2. The van der Waals surface area contributed by atoms with Crippen LogP contribution >= 0.6 is 12.2 Å².